The van der Waals surface area contributed by atoms with Gasteiger partial charge in [0.2, 0.25) is 0 Å². The Hall–Kier alpha value is -1.22. The smallest absolute Gasteiger partial charge is 0.0774 e. The number of benzene rings is 1. The van der Waals surface area contributed by atoms with Crippen molar-refractivity contribution < 1.29 is 4.84 Å². The molecule has 0 saturated carbocycles. The monoisotopic (exact) mass is 316 g/mol. The molecule has 0 aromatic heterocycles. The average Bonchev–Trinajstić information content (AvgIpc) is 2.60. The van der Waals surface area contributed by atoms with Gasteiger partial charge in [0, 0.05) is 24.3 Å². The molecule has 2 heterocycles. The van der Waals surface area contributed by atoms with Crippen LogP contribution in [0.3, 0.4) is 0 Å². The third-order valence-electron chi connectivity index (χ3n) is 5.46. The van der Waals surface area contributed by atoms with Gasteiger partial charge in [-0.15, -0.1) is 0 Å². The number of rotatable bonds is 8. The Labute approximate surface area is 141 Å². The van der Waals surface area contributed by atoms with Crippen molar-refractivity contribution in [2.75, 3.05) is 30.1 Å². The second-order valence-electron chi connectivity index (χ2n) is 7.12. The summed E-state index contributed by atoms with van der Waals surface area (Å²) in [6, 6.07) is 4.53. The van der Waals surface area contributed by atoms with E-state index >= 15 is 0 Å². The first-order valence-electron chi connectivity index (χ1n) is 9.61. The number of unbranched alkanes of at least 4 members (excludes halogenated alkanes) is 1. The molecular formula is C20H32N2O. The van der Waals surface area contributed by atoms with Crippen molar-refractivity contribution in [2.45, 2.75) is 65.2 Å². The van der Waals surface area contributed by atoms with Crippen LogP contribution in [0, 0.1) is 5.92 Å². The third kappa shape index (κ3) is 3.82. The Morgan fingerprint density at radius 1 is 1.17 bits per heavy atom. The summed E-state index contributed by atoms with van der Waals surface area (Å²) in [6.07, 6.45) is 10.0. The zero-order valence-electron chi connectivity index (χ0n) is 14.9. The van der Waals surface area contributed by atoms with Crippen LogP contribution in [0.2, 0.25) is 0 Å². The fourth-order valence-electron chi connectivity index (χ4n) is 4.01. The minimum atomic E-state index is 0.674. The molecule has 3 heteroatoms. The highest BCUT2D eigenvalue weighted by atomic mass is 16.6. The molecule has 128 valence electrons. The number of anilines is 2. The van der Waals surface area contributed by atoms with Crippen molar-refractivity contribution in [3.63, 3.8) is 0 Å². The molecule has 1 unspecified atom stereocenters. The fourth-order valence-corrected chi connectivity index (χ4v) is 4.01. The van der Waals surface area contributed by atoms with Crippen molar-refractivity contribution in [1.29, 1.82) is 0 Å². The quantitative estimate of drug-likeness (QED) is 0.687. The van der Waals surface area contributed by atoms with Crippen LogP contribution in [0.4, 0.5) is 11.4 Å². The van der Waals surface area contributed by atoms with Crippen LogP contribution in [0.25, 0.3) is 0 Å². The molecule has 0 spiro atoms. The van der Waals surface area contributed by atoms with Gasteiger partial charge in [-0.05, 0) is 49.7 Å². The minimum absolute atomic E-state index is 0.674. The number of nitrogens with zero attached hydrogens (tertiary/aromatic N) is 1. The average molecular weight is 316 g/mol. The second kappa shape index (κ2) is 8.05. The molecule has 1 aromatic rings. The van der Waals surface area contributed by atoms with Gasteiger partial charge in [-0.25, -0.2) is 0 Å². The van der Waals surface area contributed by atoms with Crippen LogP contribution in [0.15, 0.2) is 12.1 Å². The van der Waals surface area contributed by atoms with Gasteiger partial charge in [-0.1, -0.05) is 39.2 Å². The predicted octanol–water partition coefficient (Wildman–Crippen LogP) is 4.95. The maximum Gasteiger partial charge on any atom is 0.0774 e. The molecule has 0 radical (unpaired) electrons. The van der Waals surface area contributed by atoms with Crippen molar-refractivity contribution >= 4 is 11.4 Å². The van der Waals surface area contributed by atoms with Crippen LogP contribution >= 0.6 is 0 Å². The lowest BCUT2D eigenvalue weighted by Gasteiger charge is -2.37. The largest absolute Gasteiger partial charge is 0.371 e. The molecular weight excluding hydrogens is 284 g/mol. The summed E-state index contributed by atoms with van der Waals surface area (Å²) in [7, 11) is 0. The number of aryl methyl sites for hydroxylation is 1. The first-order valence-corrected chi connectivity index (χ1v) is 9.61. The van der Waals surface area contributed by atoms with Gasteiger partial charge in [-0.2, -0.15) is 0 Å². The van der Waals surface area contributed by atoms with E-state index in [4.69, 9.17) is 4.84 Å². The van der Waals surface area contributed by atoms with E-state index in [1.54, 1.807) is 0 Å². The van der Waals surface area contributed by atoms with Crippen molar-refractivity contribution in [1.82, 2.24) is 0 Å². The van der Waals surface area contributed by atoms with E-state index in [1.807, 2.05) is 0 Å². The Morgan fingerprint density at radius 3 is 2.78 bits per heavy atom. The van der Waals surface area contributed by atoms with Crippen LogP contribution in [0.5, 0.6) is 0 Å². The van der Waals surface area contributed by atoms with Gasteiger partial charge in [0.1, 0.15) is 0 Å². The number of hydrogen-bond donors (Lipinski definition) is 1. The summed E-state index contributed by atoms with van der Waals surface area (Å²) in [6.45, 7) is 7.79. The summed E-state index contributed by atoms with van der Waals surface area (Å²) < 4.78 is 0. The molecule has 23 heavy (non-hydrogen) atoms. The maximum atomic E-state index is 5.89. The molecule has 1 atom stereocenters. The Balaban J connectivity index is 1.64. The molecule has 3 rings (SSSR count). The van der Waals surface area contributed by atoms with Crippen LogP contribution < -0.4 is 10.4 Å². The van der Waals surface area contributed by atoms with E-state index < -0.39 is 0 Å². The standard InChI is InChI=1S/C20H32N2O/c1-3-5-8-16(4-2)15-23-21-19-12-11-17-9-6-13-22-14-7-10-18(19)20(17)22/h11-12,16,21H,3-10,13-15H2,1-2H3. The molecule has 1 aromatic carbocycles. The molecule has 0 fully saturated rings. The highest BCUT2D eigenvalue weighted by Gasteiger charge is 2.25. The predicted molar refractivity (Wildman–Crippen MR) is 98.2 cm³/mol. The second-order valence-corrected chi connectivity index (χ2v) is 7.12. The fraction of sp³-hybridized carbons (Fsp3) is 0.700. The summed E-state index contributed by atoms with van der Waals surface area (Å²) in [4.78, 5) is 8.48. The van der Waals surface area contributed by atoms with Crippen molar-refractivity contribution in [2.24, 2.45) is 5.92 Å². The molecule has 0 amide bonds. The highest BCUT2D eigenvalue weighted by Crippen LogP contribution is 2.39. The zero-order chi connectivity index (χ0) is 16.1. The summed E-state index contributed by atoms with van der Waals surface area (Å²) in [5.41, 5.74) is 9.00. The van der Waals surface area contributed by atoms with Gasteiger partial charge in [0.25, 0.3) is 0 Å². The topological polar surface area (TPSA) is 24.5 Å². The zero-order valence-corrected chi connectivity index (χ0v) is 14.9. The van der Waals surface area contributed by atoms with E-state index in [-0.39, 0.29) is 0 Å². The summed E-state index contributed by atoms with van der Waals surface area (Å²) >= 11 is 0. The third-order valence-corrected chi connectivity index (χ3v) is 5.46. The molecule has 0 aliphatic carbocycles. The van der Waals surface area contributed by atoms with E-state index in [9.17, 15) is 0 Å². The number of hydrogen-bond acceptors (Lipinski definition) is 3. The normalized spacial score (nSPS) is 17.7. The van der Waals surface area contributed by atoms with E-state index in [2.05, 4.69) is 36.4 Å². The molecule has 2 aliphatic rings. The van der Waals surface area contributed by atoms with Crippen LogP contribution in [0.1, 0.15) is 63.5 Å². The molecule has 0 bridgehead atoms. The van der Waals surface area contributed by atoms with Gasteiger partial charge in [0.05, 0.1) is 12.3 Å². The highest BCUT2D eigenvalue weighted by molar-refractivity contribution is 5.72. The summed E-state index contributed by atoms with van der Waals surface area (Å²) in [5, 5.41) is 0. The van der Waals surface area contributed by atoms with Gasteiger partial charge in [-0.3, -0.25) is 10.3 Å². The first kappa shape index (κ1) is 16.6. The van der Waals surface area contributed by atoms with Crippen LogP contribution in [-0.2, 0) is 17.7 Å². The van der Waals surface area contributed by atoms with Gasteiger partial charge in [0.15, 0.2) is 0 Å². The summed E-state index contributed by atoms with van der Waals surface area (Å²) in [5.74, 6) is 0.674. The molecule has 1 N–H and O–H groups in total. The van der Waals surface area contributed by atoms with E-state index in [0.717, 1.165) is 6.61 Å². The van der Waals surface area contributed by atoms with Gasteiger partial charge >= 0.3 is 0 Å². The van der Waals surface area contributed by atoms with Crippen LogP contribution in [-0.4, -0.2) is 19.7 Å². The number of nitrogens with one attached hydrogen (secondary N) is 1. The van der Waals surface area contributed by atoms with E-state index in [1.165, 1.54) is 87.0 Å². The Bertz CT molecular complexity index is 513. The Kier molecular flexibility index (Phi) is 5.82. The minimum Gasteiger partial charge on any atom is -0.371 e. The first-order chi connectivity index (χ1) is 11.3. The molecule has 0 saturated heterocycles. The van der Waals surface area contributed by atoms with E-state index in [0.29, 0.717) is 5.92 Å². The Morgan fingerprint density at radius 2 is 2.00 bits per heavy atom. The van der Waals surface area contributed by atoms with Crippen molar-refractivity contribution in [3.8, 4) is 0 Å². The lowest BCUT2D eigenvalue weighted by atomic mass is 9.91. The lowest BCUT2D eigenvalue weighted by Crippen LogP contribution is -2.34. The SMILES string of the molecule is CCCCC(CC)CONc1ccc2c3c1CCCN3CCC2. The van der Waals surface area contributed by atoms with Gasteiger partial charge < -0.3 is 4.90 Å². The lowest BCUT2D eigenvalue weighted by molar-refractivity contribution is 0.141. The van der Waals surface area contributed by atoms with Crippen molar-refractivity contribution in [3.05, 3.63) is 23.3 Å². The maximum absolute atomic E-state index is 5.89. The molecule has 3 nitrogen and oxygen atoms in total. The molecule has 2 aliphatic heterocycles.